The molecule has 1 aliphatic heterocycles. The molecule has 0 spiro atoms. The molecule has 0 bridgehead atoms. The molecular weight excluding hydrogens is 344 g/mol. The second-order valence-electron chi connectivity index (χ2n) is 6.42. The van der Waals surface area contributed by atoms with E-state index < -0.39 is 5.72 Å². The molecule has 1 aliphatic rings. The number of nitrogens with zero attached hydrogens (tertiary/aromatic N) is 1. The fraction of sp³-hybridized carbons (Fsp3) is 0.286. The van der Waals surface area contributed by atoms with Crippen molar-refractivity contribution in [2.24, 2.45) is 0 Å². The van der Waals surface area contributed by atoms with Crippen molar-refractivity contribution in [2.45, 2.75) is 26.5 Å². The highest BCUT2D eigenvalue weighted by atomic mass is 32.2. The van der Waals surface area contributed by atoms with Gasteiger partial charge in [0.2, 0.25) is 10.7 Å². The second kappa shape index (κ2) is 7.98. The molecule has 0 amide bonds. The van der Waals surface area contributed by atoms with Crippen LogP contribution in [-0.4, -0.2) is 32.8 Å². The summed E-state index contributed by atoms with van der Waals surface area (Å²) in [6.07, 6.45) is 2.08. The van der Waals surface area contributed by atoms with Gasteiger partial charge in [-0.05, 0) is 49.9 Å². The minimum absolute atomic E-state index is 0.629. The Balaban J connectivity index is 1.84. The van der Waals surface area contributed by atoms with Crippen molar-refractivity contribution in [3.63, 3.8) is 0 Å². The molecular formula is C21H25N2O2S+. The van der Waals surface area contributed by atoms with Gasteiger partial charge in [-0.25, -0.2) is 0 Å². The molecule has 1 atom stereocenters. The lowest BCUT2D eigenvalue weighted by molar-refractivity contribution is -0.574. The molecule has 0 saturated heterocycles. The predicted molar refractivity (Wildman–Crippen MR) is 109 cm³/mol. The summed E-state index contributed by atoms with van der Waals surface area (Å²) in [5.74, 6) is 1.50. The number of nitrogens with one attached hydrogen (secondary N) is 1. The van der Waals surface area contributed by atoms with Crippen LogP contribution < -0.4 is 10.1 Å². The molecule has 0 unspecified atom stereocenters. The number of thioether (sulfide) groups is 1. The standard InChI is InChI=1S/C21H24N2O2S/c1-4-25-19-12-10-17(11-13-19)22-16(2)14-20-23(21(3,24)15-26-20)18-8-6-5-7-9-18/h5-14,24H,4,15H2,1-3H3/p+1/t21-/m1/s1. The van der Waals surface area contributed by atoms with E-state index in [-0.39, 0.29) is 0 Å². The van der Waals surface area contributed by atoms with Crippen LogP contribution in [0.5, 0.6) is 5.75 Å². The maximum Gasteiger partial charge on any atom is 0.278 e. The number of allylic oxidation sites excluding steroid dienone is 1. The number of aliphatic hydroxyl groups is 1. The van der Waals surface area contributed by atoms with Crippen molar-refractivity contribution in [3.05, 3.63) is 66.4 Å². The molecule has 0 saturated carbocycles. The van der Waals surface area contributed by atoms with Gasteiger partial charge in [-0.15, -0.1) is 0 Å². The molecule has 2 aromatic rings. The van der Waals surface area contributed by atoms with Crippen LogP contribution >= 0.6 is 11.8 Å². The minimum Gasteiger partial charge on any atom is -0.494 e. The maximum atomic E-state index is 10.8. The number of ether oxygens (including phenoxy) is 1. The van der Waals surface area contributed by atoms with Crippen LogP contribution in [0.25, 0.3) is 0 Å². The lowest BCUT2D eigenvalue weighted by atomic mass is 10.2. The van der Waals surface area contributed by atoms with E-state index in [2.05, 4.69) is 11.4 Å². The van der Waals surface area contributed by atoms with Crippen molar-refractivity contribution in [1.29, 1.82) is 0 Å². The summed E-state index contributed by atoms with van der Waals surface area (Å²) in [6.45, 7) is 6.52. The highest BCUT2D eigenvalue weighted by Crippen LogP contribution is 2.32. The van der Waals surface area contributed by atoms with Gasteiger partial charge in [-0.2, -0.15) is 4.58 Å². The van der Waals surface area contributed by atoms with Crippen LogP contribution in [0.3, 0.4) is 0 Å². The zero-order valence-electron chi connectivity index (χ0n) is 15.4. The van der Waals surface area contributed by atoms with E-state index in [0.717, 1.165) is 27.9 Å². The van der Waals surface area contributed by atoms with Gasteiger partial charge in [-0.3, -0.25) is 0 Å². The second-order valence-corrected chi connectivity index (χ2v) is 7.42. The van der Waals surface area contributed by atoms with Gasteiger partial charge in [0.05, 0.1) is 12.4 Å². The first-order valence-electron chi connectivity index (χ1n) is 8.75. The van der Waals surface area contributed by atoms with Gasteiger partial charge in [0, 0.05) is 36.5 Å². The van der Waals surface area contributed by atoms with Crippen LogP contribution in [0, 0.1) is 0 Å². The largest absolute Gasteiger partial charge is 0.494 e. The zero-order valence-corrected chi connectivity index (χ0v) is 16.2. The maximum absolute atomic E-state index is 10.8. The van der Waals surface area contributed by atoms with E-state index in [1.165, 1.54) is 0 Å². The molecule has 2 aromatic carbocycles. The van der Waals surface area contributed by atoms with E-state index in [9.17, 15) is 5.11 Å². The summed E-state index contributed by atoms with van der Waals surface area (Å²) in [7, 11) is 0. The molecule has 5 heteroatoms. The highest BCUT2D eigenvalue weighted by molar-refractivity contribution is 8.14. The molecule has 26 heavy (non-hydrogen) atoms. The van der Waals surface area contributed by atoms with Crippen LogP contribution in [0.15, 0.2) is 66.4 Å². The van der Waals surface area contributed by atoms with Crippen LogP contribution in [0.2, 0.25) is 0 Å². The molecule has 3 rings (SSSR count). The third-order valence-electron chi connectivity index (χ3n) is 4.06. The van der Waals surface area contributed by atoms with E-state index >= 15 is 0 Å². The average molecular weight is 370 g/mol. The Labute approximate surface area is 159 Å². The highest BCUT2D eigenvalue weighted by Gasteiger charge is 2.44. The molecule has 136 valence electrons. The Hall–Kier alpha value is -2.24. The lowest BCUT2D eigenvalue weighted by Crippen LogP contribution is -2.36. The Morgan fingerprint density at radius 1 is 1.23 bits per heavy atom. The summed E-state index contributed by atoms with van der Waals surface area (Å²) in [5.41, 5.74) is 2.10. The van der Waals surface area contributed by atoms with Crippen LogP contribution in [0.1, 0.15) is 20.8 Å². The lowest BCUT2D eigenvalue weighted by Gasteiger charge is -2.14. The SMILES string of the molecule is CCOc1ccc(N/C(C)=C/C2=[N+](c3ccccc3)[C@](C)(O)CS2)cc1. The smallest absolute Gasteiger partial charge is 0.278 e. The number of benzene rings is 2. The molecule has 4 nitrogen and oxygen atoms in total. The quantitative estimate of drug-likeness (QED) is 0.731. The van der Waals surface area contributed by atoms with Gasteiger partial charge < -0.3 is 15.2 Å². The van der Waals surface area contributed by atoms with Crippen molar-refractivity contribution < 1.29 is 14.4 Å². The Bertz CT molecular complexity index is 812. The van der Waals surface area contributed by atoms with E-state index in [1.807, 2.05) is 79.9 Å². The summed E-state index contributed by atoms with van der Waals surface area (Å²) in [4.78, 5) is 0. The van der Waals surface area contributed by atoms with Crippen LogP contribution in [0.4, 0.5) is 11.4 Å². The molecule has 0 fully saturated rings. The average Bonchev–Trinajstić information content (AvgIpc) is 2.92. The van der Waals surface area contributed by atoms with Crippen molar-refractivity contribution in [3.8, 4) is 5.75 Å². The number of hydrogen-bond donors (Lipinski definition) is 2. The Morgan fingerprint density at radius 3 is 2.58 bits per heavy atom. The predicted octanol–water partition coefficient (Wildman–Crippen LogP) is 4.60. The third kappa shape index (κ3) is 4.29. The van der Waals surface area contributed by atoms with Crippen LogP contribution in [-0.2, 0) is 0 Å². The molecule has 0 radical (unpaired) electrons. The summed E-state index contributed by atoms with van der Waals surface area (Å²) in [5, 5.41) is 15.2. The van der Waals surface area contributed by atoms with Gasteiger partial charge in [0.1, 0.15) is 5.75 Å². The minimum atomic E-state index is -0.905. The molecule has 0 aromatic heterocycles. The van der Waals surface area contributed by atoms with Gasteiger partial charge in [0.25, 0.3) is 5.72 Å². The Kier molecular flexibility index (Phi) is 5.69. The number of rotatable bonds is 6. The molecule has 2 N–H and O–H groups in total. The van der Waals surface area contributed by atoms with Gasteiger partial charge in [0.15, 0.2) is 0 Å². The zero-order chi connectivity index (χ0) is 18.6. The van der Waals surface area contributed by atoms with Crippen molar-refractivity contribution in [1.82, 2.24) is 0 Å². The normalized spacial score (nSPS) is 20.4. The fourth-order valence-corrected chi connectivity index (χ4v) is 4.16. The number of para-hydroxylation sites is 1. The first-order valence-corrected chi connectivity index (χ1v) is 9.74. The van der Waals surface area contributed by atoms with Crippen molar-refractivity contribution >= 4 is 28.2 Å². The topological polar surface area (TPSA) is 44.5 Å². The van der Waals surface area contributed by atoms with E-state index in [4.69, 9.17) is 4.74 Å². The van der Waals surface area contributed by atoms with E-state index in [1.54, 1.807) is 11.8 Å². The molecule has 1 heterocycles. The third-order valence-corrected chi connectivity index (χ3v) is 5.34. The monoisotopic (exact) mass is 369 g/mol. The summed E-state index contributed by atoms with van der Waals surface area (Å²) >= 11 is 1.66. The number of hydrogen-bond acceptors (Lipinski definition) is 4. The first kappa shape index (κ1) is 18.5. The first-order chi connectivity index (χ1) is 12.5. The summed E-state index contributed by atoms with van der Waals surface area (Å²) < 4.78 is 7.46. The number of anilines is 1. The Morgan fingerprint density at radius 2 is 1.92 bits per heavy atom. The van der Waals surface area contributed by atoms with Gasteiger partial charge >= 0.3 is 0 Å². The van der Waals surface area contributed by atoms with Gasteiger partial charge in [-0.1, -0.05) is 18.2 Å². The van der Waals surface area contributed by atoms with Crippen molar-refractivity contribution in [2.75, 3.05) is 17.7 Å². The molecule has 0 aliphatic carbocycles. The summed E-state index contributed by atoms with van der Waals surface area (Å²) in [6, 6.07) is 17.9. The van der Waals surface area contributed by atoms with E-state index in [0.29, 0.717) is 12.4 Å². The fourth-order valence-electron chi connectivity index (χ4n) is 2.92.